The third-order valence-corrected chi connectivity index (χ3v) is 5.37. The summed E-state index contributed by atoms with van der Waals surface area (Å²) in [5.74, 6) is 1.01. The minimum absolute atomic E-state index is 0.174. The second-order valence-corrected chi connectivity index (χ2v) is 9.23. The van der Waals surface area contributed by atoms with Gasteiger partial charge in [0.15, 0.2) is 0 Å². The number of hydrogen-bond acceptors (Lipinski definition) is 3. The van der Waals surface area contributed by atoms with Gasteiger partial charge in [-0.05, 0) is 84.2 Å². The van der Waals surface area contributed by atoms with Crippen LogP contribution in [0.3, 0.4) is 0 Å². The van der Waals surface area contributed by atoms with Gasteiger partial charge in [-0.2, -0.15) is 0 Å². The number of rotatable bonds is 6. The first-order valence-corrected chi connectivity index (χ1v) is 9.87. The molecule has 0 spiro atoms. The molecule has 1 aliphatic rings. The van der Waals surface area contributed by atoms with E-state index in [0.29, 0.717) is 18.4 Å². The van der Waals surface area contributed by atoms with Crippen molar-refractivity contribution in [2.75, 3.05) is 13.1 Å². The second-order valence-electron chi connectivity index (χ2n) is 9.23. The Kier molecular flexibility index (Phi) is 6.73. The number of ether oxygens (including phenoxy) is 1. The highest BCUT2D eigenvalue weighted by Crippen LogP contribution is 2.40. The highest BCUT2D eigenvalue weighted by molar-refractivity contribution is 5.69. The fourth-order valence-corrected chi connectivity index (χ4v) is 4.08. The van der Waals surface area contributed by atoms with E-state index in [4.69, 9.17) is 10.5 Å². The van der Waals surface area contributed by atoms with Crippen molar-refractivity contribution in [2.24, 2.45) is 17.6 Å². The molecule has 0 radical (unpaired) electrons. The summed E-state index contributed by atoms with van der Waals surface area (Å²) in [5, 5.41) is 0. The smallest absolute Gasteiger partial charge is 0.410 e. The topological polar surface area (TPSA) is 55.6 Å². The average Bonchev–Trinajstić information content (AvgIpc) is 2.86. The van der Waals surface area contributed by atoms with Crippen molar-refractivity contribution in [1.29, 1.82) is 0 Å². The summed E-state index contributed by atoms with van der Waals surface area (Å²) in [6, 6.07) is 10.6. The highest BCUT2D eigenvalue weighted by Gasteiger charge is 2.44. The standard InChI is InChI=1S/C22H36N2O2/c1-21(2,3)26-20(25)24-16-19(15-22(24,4)5)18(13-14-23)12-11-17-9-7-6-8-10-17/h6-10,18-19H,11-16,23H2,1-5H3. The van der Waals surface area contributed by atoms with Crippen molar-refractivity contribution in [2.45, 2.75) is 71.4 Å². The van der Waals surface area contributed by atoms with Crippen LogP contribution < -0.4 is 5.73 Å². The van der Waals surface area contributed by atoms with Crippen LogP contribution in [0.4, 0.5) is 4.79 Å². The zero-order chi connectivity index (χ0) is 19.4. The lowest BCUT2D eigenvalue weighted by Crippen LogP contribution is -2.45. The van der Waals surface area contributed by atoms with E-state index in [1.54, 1.807) is 0 Å². The summed E-state index contributed by atoms with van der Waals surface area (Å²) in [5.41, 5.74) is 6.64. The van der Waals surface area contributed by atoms with Crippen LogP contribution in [0.5, 0.6) is 0 Å². The summed E-state index contributed by atoms with van der Waals surface area (Å²) in [4.78, 5) is 14.6. The molecule has 1 amide bonds. The molecule has 1 heterocycles. The maximum absolute atomic E-state index is 12.7. The first-order chi connectivity index (χ1) is 12.1. The van der Waals surface area contributed by atoms with Crippen LogP contribution in [0, 0.1) is 11.8 Å². The Bertz CT molecular complexity index is 578. The van der Waals surface area contributed by atoms with E-state index in [0.717, 1.165) is 32.2 Å². The van der Waals surface area contributed by atoms with E-state index in [1.807, 2.05) is 25.7 Å². The average molecular weight is 361 g/mol. The number of likely N-dealkylation sites (tertiary alicyclic amines) is 1. The maximum Gasteiger partial charge on any atom is 0.410 e. The summed E-state index contributed by atoms with van der Waals surface area (Å²) >= 11 is 0. The Balaban J connectivity index is 2.03. The quantitative estimate of drug-likeness (QED) is 0.805. The summed E-state index contributed by atoms with van der Waals surface area (Å²) in [6.45, 7) is 11.5. The molecule has 0 bridgehead atoms. The summed E-state index contributed by atoms with van der Waals surface area (Å²) in [6.07, 6.45) is 4.00. The van der Waals surface area contributed by atoms with Gasteiger partial charge >= 0.3 is 6.09 Å². The molecule has 146 valence electrons. The molecule has 0 aliphatic carbocycles. The molecule has 2 rings (SSSR count). The van der Waals surface area contributed by atoms with Crippen molar-refractivity contribution in [3.63, 3.8) is 0 Å². The molecule has 1 aromatic rings. The van der Waals surface area contributed by atoms with Gasteiger partial charge in [-0.25, -0.2) is 4.79 Å². The van der Waals surface area contributed by atoms with Gasteiger partial charge in [-0.3, -0.25) is 0 Å². The molecule has 26 heavy (non-hydrogen) atoms. The van der Waals surface area contributed by atoms with Crippen LogP contribution in [0.25, 0.3) is 0 Å². The van der Waals surface area contributed by atoms with Crippen LogP contribution in [-0.4, -0.2) is 35.2 Å². The SMILES string of the molecule is CC(C)(C)OC(=O)N1CC(C(CCN)CCc2ccccc2)CC1(C)C. The molecule has 0 saturated carbocycles. The Morgan fingerprint density at radius 1 is 1.27 bits per heavy atom. The minimum Gasteiger partial charge on any atom is -0.444 e. The van der Waals surface area contributed by atoms with Crippen molar-refractivity contribution >= 4 is 6.09 Å². The Labute approximate surface area is 159 Å². The molecule has 2 N–H and O–H groups in total. The van der Waals surface area contributed by atoms with Crippen LogP contribution in [0.2, 0.25) is 0 Å². The number of benzene rings is 1. The second kappa shape index (κ2) is 8.43. The predicted octanol–water partition coefficient (Wildman–Crippen LogP) is 4.62. The fraction of sp³-hybridized carbons (Fsp3) is 0.682. The van der Waals surface area contributed by atoms with Gasteiger partial charge in [0.25, 0.3) is 0 Å². The molecular formula is C22H36N2O2. The molecule has 0 aromatic heterocycles. The fourth-order valence-electron chi connectivity index (χ4n) is 4.08. The van der Waals surface area contributed by atoms with Gasteiger partial charge in [0, 0.05) is 12.1 Å². The van der Waals surface area contributed by atoms with Gasteiger partial charge < -0.3 is 15.4 Å². The first kappa shape index (κ1) is 20.8. The summed E-state index contributed by atoms with van der Waals surface area (Å²) in [7, 11) is 0. The van der Waals surface area contributed by atoms with Crippen LogP contribution in [-0.2, 0) is 11.2 Å². The largest absolute Gasteiger partial charge is 0.444 e. The number of carbonyl (C=O) groups is 1. The van der Waals surface area contributed by atoms with Gasteiger partial charge in [-0.15, -0.1) is 0 Å². The van der Waals surface area contributed by atoms with Crippen LogP contribution in [0.15, 0.2) is 30.3 Å². The zero-order valence-electron chi connectivity index (χ0n) is 17.1. The molecule has 1 saturated heterocycles. The van der Waals surface area contributed by atoms with E-state index in [9.17, 15) is 4.79 Å². The lowest BCUT2D eigenvalue weighted by Gasteiger charge is -2.33. The van der Waals surface area contributed by atoms with Crippen molar-refractivity contribution in [1.82, 2.24) is 4.90 Å². The van der Waals surface area contributed by atoms with Gasteiger partial charge in [0.05, 0.1) is 0 Å². The number of nitrogens with zero attached hydrogens (tertiary/aromatic N) is 1. The Morgan fingerprint density at radius 3 is 2.50 bits per heavy atom. The van der Waals surface area contributed by atoms with E-state index >= 15 is 0 Å². The number of hydrogen-bond donors (Lipinski definition) is 1. The molecule has 2 unspecified atom stereocenters. The maximum atomic E-state index is 12.7. The molecule has 1 aliphatic heterocycles. The summed E-state index contributed by atoms with van der Waals surface area (Å²) < 4.78 is 5.64. The lowest BCUT2D eigenvalue weighted by atomic mass is 9.81. The van der Waals surface area contributed by atoms with Crippen molar-refractivity contribution in [3.05, 3.63) is 35.9 Å². The molecule has 4 nitrogen and oxygen atoms in total. The molecule has 4 heteroatoms. The van der Waals surface area contributed by atoms with Crippen molar-refractivity contribution < 1.29 is 9.53 Å². The lowest BCUT2D eigenvalue weighted by molar-refractivity contribution is 0.0129. The third kappa shape index (κ3) is 5.73. The van der Waals surface area contributed by atoms with Gasteiger partial charge in [-0.1, -0.05) is 30.3 Å². The number of aryl methyl sites for hydroxylation is 1. The Morgan fingerprint density at radius 2 is 1.92 bits per heavy atom. The van der Waals surface area contributed by atoms with E-state index in [-0.39, 0.29) is 11.6 Å². The number of amides is 1. The zero-order valence-corrected chi connectivity index (χ0v) is 17.1. The van der Waals surface area contributed by atoms with Crippen molar-refractivity contribution in [3.8, 4) is 0 Å². The normalized spacial score (nSPS) is 20.8. The molecule has 1 aromatic carbocycles. The Hall–Kier alpha value is -1.55. The van der Waals surface area contributed by atoms with Gasteiger partial charge in [0.1, 0.15) is 5.60 Å². The molecule has 2 atom stereocenters. The van der Waals surface area contributed by atoms with E-state index in [1.165, 1.54) is 5.56 Å². The predicted molar refractivity (Wildman–Crippen MR) is 107 cm³/mol. The molecular weight excluding hydrogens is 324 g/mol. The van der Waals surface area contributed by atoms with Crippen LogP contribution in [0.1, 0.15) is 59.4 Å². The van der Waals surface area contributed by atoms with Gasteiger partial charge in [0.2, 0.25) is 0 Å². The van der Waals surface area contributed by atoms with Crippen LogP contribution >= 0.6 is 0 Å². The van der Waals surface area contributed by atoms with E-state index in [2.05, 4.69) is 44.2 Å². The highest BCUT2D eigenvalue weighted by atomic mass is 16.6. The third-order valence-electron chi connectivity index (χ3n) is 5.37. The number of nitrogens with two attached hydrogens (primary N) is 1. The number of carbonyl (C=O) groups excluding carboxylic acids is 1. The monoisotopic (exact) mass is 360 g/mol. The van der Waals surface area contributed by atoms with E-state index < -0.39 is 5.60 Å². The molecule has 1 fully saturated rings. The first-order valence-electron chi connectivity index (χ1n) is 9.87. The minimum atomic E-state index is -0.463.